The van der Waals surface area contributed by atoms with E-state index in [1.807, 2.05) is 36.5 Å². The number of hydrogen-bond donors (Lipinski definition) is 1. The van der Waals surface area contributed by atoms with Gasteiger partial charge in [-0.25, -0.2) is 4.68 Å². The summed E-state index contributed by atoms with van der Waals surface area (Å²) in [5, 5.41) is 8.71. The molecule has 2 aromatic heterocycles. The molecule has 8 heteroatoms. The van der Waals surface area contributed by atoms with Gasteiger partial charge in [0, 0.05) is 0 Å². The Hall–Kier alpha value is -2.38. The highest BCUT2D eigenvalue weighted by Crippen LogP contribution is 2.38. The Morgan fingerprint density at radius 1 is 1.26 bits per heavy atom. The Kier molecular flexibility index (Phi) is 5.53. The second-order valence-corrected chi connectivity index (χ2v) is 7.26. The molecular weight excluding hydrogens is 366 g/mol. The van der Waals surface area contributed by atoms with Crippen LogP contribution in [0.5, 0.6) is 5.75 Å². The number of halogens is 1. The Labute approximate surface area is 164 Å². The van der Waals surface area contributed by atoms with Crippen molar-refractivity contribution in [3.8, 4) is 23.0 Å². The van der Waals surface area contributed by atoms with E-state index in [-0.39, 0.29) is 12.4 Å². The summed E-state index contributed by atoms with van der Waals surface area (Å²) in [6.07, 6.45) is 4.69. The quantitative estimate of drug-likeness (QED) is 0.690. The van der Waals surface area contributed by atoms with E-state index in [1.165, 1.54) is 0 Å². The molecule has 144 valence electrons. The van der Waals surface area contributed by atoms with Crippen molar-refractivity contribution in [1.82, 2.24) is 19.9 Å². The van der Waals surface area contributed by atoms with Gasteiger partial charge in [0.25, 0.3) is 5.89 Å². The van der Waals surface area contributed by atoms with Crippen molar-refractivity contribution >= 4 is 12.4 Å². The Bertz CT molecular complexity index is 887. The first-order chi connectivity index (χ1) is 12.5. The molecule has 0 radical (unpaired) electrons. The van der Waals surface area contributed by atoms with Crippen molar-refractivity contribution < 1.29 is 9.26 Å². The molecule has 0 atom stereocenters. The van der Waals surface area contributed by atoms with E-state index in [0.717, 1.165) is 24.9 Å². The number of para-hydroxylation sites is 1. The van der Waals surface area contributed by atoms with Gasteiger partial charge >= 0.3 is 0 Å². The number of aromatic nitrogens is 4. The van der Waals surface area contributed by atoms with Gasteiger partial charge in [0.1, 0.15) is 0 Å². The molecule has 1 aliphatic carbocycles. The van der Waals surface area contributed by atoms with Gasteiger partial charge in [-0.3, -0.25) is 0 Å². The van der Waals surface area contributed by atoms with Gasteiger partial charge in [0.15, 0.2) is 17.3 Å². The van der Waals surface area contributed by atoms with Crippen LogP contribution in [0.2, 0.25) is 0 Å². The molecule has 0 unspecified atom stereocenters. The molecule has 4 rings (SSSR count). The van der Waals surface area contributed by atoms with E-state index >= 15 is 0 Å². The molecular formula is C19H24ClN5O2. The summed E-state index contributed by atoms with van der Waals surface area (Å²) in [7, 11) is 0. The molecule has 1 fully saturated rings. The topological polar surface area (TPSA) is 92.0 Å². The predicted molar refractivity (Wildman–Crippen MR) is 104 cm³/mol. The van der Waals surface area contributed by atoms with Crippen molar-refractivity contribution in [3.05, 3.63) is 42.4 Å². The van der Waals surface area contributed by atoms with Crippen LogP contribution in [-0.4, -0.2) is 26.5 Å². The molecule has 1 saturated carbocycles. The standard InChI is InChI=1S/C19H23N5O2.ClH/c1-13(2)12-25-15-11-24(14-7-4-3-5-8-14)22-16(15)17-21-18(23-26-17)19(20)9-6-10-19;/h3-5,7-8,11,13H,6,9-10,12,20H2,1-2H3;1H. The van der Waals surface area contributed by atoms with Crippen molar-refractivity contribution in [2.24, 2.45) is 11.7 Å². The van der Waals surface area contributed by atoms with Crippen LogP contribution in [0.1, 0.15) is 38.9 Å². The number of nitrogens with two attached hydrogens (primary N) is 1. The molecule has 27 heavy (non-hydrogen) atoms. The molecule has 0 amide bonds. The minimum absolute atomic E-state index is 0. The van der Waals surface area contributed by atoms with Crippen LogP contribution < -0.4 is 10.5 Å². The fourth-order valence-corrected chi connectivity index (χ4v) is 2.88. The molecule has 1 aromatic carbocycles. The second-order valence-electron chi connectivity index (χ2n) is 7.26. The molecule has 2 N–H and O–H groups in total. The third-order valence-electron chi connectivity index (χ3n) is 4.59. The predicted octanol–water partition coefficient (Wildman–Crippen LogP) is 3.72. The Balaban J connectivity index is 0.00000210. The molecule has 0 bridgehead atoms. The van der Waals surface area contributed by atoms with Crippen LogP contribution in [0.4, 0.5) is 0 Å². The lowest BCUT2D eigenvalue weighted by Gasteiger charge is -2.34. The maximum atomic E-state index is 6.31. The number of nitrogens with zero attached hydrogens (tertiary/aromatic N) is 4. The van der Waals surface area contributed by atoms with Gasteiger partial charge in [-0.2, -0.15) is 10.1 Å². The molecule has 1 aliphatic rings. The largest absolute Gasteiger partial charge is 0.489 e. The van der Waals surface area contributed by atoms with Crippen LogP contribution >= 0.6 is 12.4 Å². The summed E-state index contributed by atoms with van der Waals surface area (Å²) in [6.45, 7) is 4.77. The van der Waals surface area contributed by atoms with Crippen LogP contribution in [0, 0.1) is 5.92 Å². The lowest BCUT2D eigenvalue weighted by molar-refractivity contribution is 0.229. The summed E-state index contributed by atoms with van der Waals surface area (Å²) in [5.41, 5.74) is 7.31. The van der Waals surface area contributed by atoms with E-state index in [0.29, 0.717) is 35.7 Å². The third-order valence-corrected chi connectivity index (χ3v) is 4.59. The normalized spacial score (nSPS) is 15.3. The van der Waals surface area contributed by atoms with Crippen molar-refractivity contribution in [3.63, 3.8) is 0 Å². The fraction of sp³-hybridized carbons (Fsp3) is 0.421. The van der Waals surface area contributed by atoms with E-state index in [2.05, 4.69) is 29.1 Å². The van der Waals surface area contributed by atoms with Crippen LogP contribution in [0.25, 0.3) is 17.3 Å². The second kappa shape index (κ2) is 7.70. The molecule has 2 heterocycles. The highest BCUT2D eigenvalue weighted by atomic mass is 35.5. The summed E-state index contributed by atoms with van der Waals surface area (Å²) in [5.74, 6) is 1.90. The van der Waals surface area contributed by atoms with E-state index in [4.69, 9.17) is 15.0 Å². The van der Waals surface area contributed by atoms with Gasteiger partial charge < -0.3 is 15.0 Å². The number of ether oxygens (including phenoxy) is 1. The maximum absolute atomic E-state index is 6.31. The zero-order valence-corrected chi connectivity index (χ0v) is 16.3. The number of hydrogen-bond acceptors (Lipinski definition) is 6. The van der Waals surface area contributed by atoms with Gasteiger partial charge in [-0.05, 0) is 37.3 Å². The summed E-state index contributed by atoms with van der Waals surface area (Å²) in [6, 6.07) is 9.85. The average molecular weight is 390 g/mol. The molecule has 0 aliphatic heterocycles. The zero-order chi connectivity index (χ0) is 18.1. The lowest BCUT2D eigenvalue weighted by Crippen LogP contribution is -2.44. The Morgan fingerprint density at radius 2 is 2.00 bits per heavy atom. The third kappa shape index (κ3) is 3.84. The van der Waals surface area contributed by atoms with Crippen LogP contribution in [0.15, 0.2) is 41.1 Å². The summed E-state index contributed by atoms with van der Waals surface area (Å²) >= 11 is 0. The number of rotatable bonds is 6. The number of benzene rings is 1. The van der Waals surface area contributed by atoms with Crippen LogP contribution in [0.3, 0.4) is 0 Å². The van der Waals surface area contributed by atoms with Gasteiger partial charge in [-0.15, -0.1) is 12.4 Å². The SMILES string of the molecule is CC(C)COc1cn(-c2ccccc2)nc1-c1nc(C2(N)CCC2)no1.Cl. The highest BCUT2D eigenvalue weighted by Gasteiger charge is 2.39. The van der Waals surface area contributed by atoms with Gasteiger partial charge in [0.2, 0.25) is 0 Å². The Morgan fingerprint density at radius 3 is 2.63 bits per heavy atom. The van der Waals surface area contributed by atoms with Crippen molar-refractivity contribution in [1.29, 1.82) is 0 Å². The van der Waals surface area contributed by atoms with Gasteiger partial charge in [0.05, 0.1) is 24.0 Å². The van der Waals surface area contributed by atoms with E-state index in [1.54, 1.807) is 4.68 Å². The van der Waals surface area contributed by atoms with Gasteiger partial charge in [-0.1, -0.05) is 37.2 Å². The first kappa shape index (κ1) is 19.4. The molecule has 3 aromatic rings. The molecule has 0 saturated heterocycles. The molecule has 0 spiro atoms. The minimum atomic E-state index is -0.470. The fourth-order valence-electron chi connectivity index (χ4n) is 2.88. The first-order valence-corrected chi connectivity index (χ1v) is 8.96. The smallest absolute Gasteiger partial charge is 0.282 e. The summed E-state index contributed by atoms with van der Waals surface area (Å²) < 4.78 is 13.2. The van der Waals surface area contributed by atoms with Crippen molar-refractivity contribution in [2.45, 2.75) is 38.6 Å². The lowest BCUT2D eigenvalue weighted by atomic mass is 9.77. The average Bonchev–Trinajstić information content (AvgIpc) is 3.25. The monoisotopic (exact) mass is 389 g/mol. The maximum Gasteiger partial charge on any atom is 0.282 e. The highest BCUT2D eigenvalue weighted by molar-refractivity contribution is 5.85. The first-order valence-electron chi connectivity index (χ1n) is 8.96. The summed E-state index contributed by atoms with van der Waals surface area (Å²) in [4.78, 5) is 4.51. The zero-order valence-electron chi connectivity index (χ0n) is 15.5. The van der Waals surface area contributed by atoms with Crippen LogP contribution in [-0.2, 0) is 5.54 Å². The minimum Gasteiger partial charge on any atom is -0.489 e. The van der Waals surface area contributed by atoms with E-state index in [9.17, 15) is 0 Å². The van der Waals surface area contributed by atoms with E-state index < -0.39 is 5.54 Å². The molecule has 7 nitrogen and oxygen atoms in total. The van der Waals surface area contributed by atoms with Crippen molar-refractivity contribution in [2.75, 3.05) is 6.61 Å².